The van der Waals surface area contributed by atoms with E-state index in [1.54, 1.807) is 0 Å². The first-order valence-corrected chi connectivity index (χ1v) is 11.4. The number of aromatic nitrogens is 4. The van der Waals surface area contributed by atoms with Gasteiger partial charge in [-0.25, -0.2) is 14.5 Å². The molecule has 1 N–H and O–H groups in total. The number of rotatable bonds is 4. The van der Waals surface area contributed by atoms with Gasteiger partial charge in [-0.1, -0.05) is 0 Å². The second kappa shape index (κ2) is 7.76. The number of hydrogen-bond donors (Lipinski definition) is 1. The summed E-state index contributed by atoms with van der Waals surface area (Å²) in [7, 11) is 0. The molecular weight excluding hydrogens is 390 g/mol. The Labute approximate surface area is 182 Å². The van der Waals surface area contributed by atoms with Gasteiger partial charge in [0.05, 0.1) is 36.0 Å². The van der Waals surface area contributed by atoms with Gasteiger partial charge in [0.2, 0.25) is 0 Å². The van der Waals surface area contributed by atoms with Crippen LogP contribution >= 0.6 is 0 Å². The number of anilines is 2. The van der Waals surface area contributed by atoms with E-state index < -0.39 is 0 Å². The highest BCUT2D eigenvalue weighted by Crippen LogP contribution is 2.45. The molecule has 31 heavy (non-hydrogen) atoms. The maximum Gasteiger partial charge on any atom is 0.178 e. The number of aryl methyl sites for hydroxylation is 1. The van der Waals surface area contributed by atoms with Gasteiger partial charge < -0.3 is 19.9 Å². The third kappa shape index (κ3) is 3.53. The molecule has 2 saturated heterocycles. The summed E-state index contributed by atoms with van der Waals surface area (Å²) in [5.74, 6) is 1.58. The van der Waals surface area contributed by atoms with Crippen LogP contribution in [0.15, 0.2) is 24.4 Å². The highest BCUT2D eigenvalue weighted by atomic mass is 16.5. The minimum Gasteiger partial charge on any atom is -0.378 e. The first-order chi connectivity index (χ1) is 15.3. The van der Waals surface area contributed by atoms with Crippen molar-refractivity contribution in [2.24, 2.45) is 0 Å². The smallest absolute Gasteiger partial charge is 0.178 e. The molecule has 1 aliphatic carbocycles. The highest BCUT2D eigenvalue weighted by Gasteiger charge is 2.32. The molecule has 8 nitrogen and oxygen atoms in total. The lowest BCUT2D eigenvalue weighted by Crippen LogP contribution is -2.43. The van der Waals surface area contributed by atoms with Crippen LogP contribution in [0, 0.1) is 6.92 Å². The summed E-state index contributed by atoms with van der Waals surface area (Å²) in [6.07, 6.45) is 4.41. The molecule has 3 aromatic rings. The monoisotopic (exact) mass is 419 g/mol. The molecule has 0 radical (unpaired) electrons. The third-order valence-electron chi connectivity index (χ3n) is 6.49. The molecule has 0 aromatic carbocycles. The van der Waals surface area contributed by atoms with Crippen LogP contribution in [0.2, 0.25) is 0 Å². The van der Waals surface area contributed by atoms with Crippen LogP contribution in [0.5, 0.6) is 0 Å². The van der Waals surface area contributed by atoms with E-state index in [4.69, 9.17) is 19.8 Å². The van der Waals surface area contributed by atoms with Crippen molar-refractivity contribution >= 4 is 17.2 Å². The minimum absolute atomic E-state index is 0.530. The van der Waals surface area contributed by atoms with Crippen LogP contribution in [0.25, 0.3) is 16.9 Å². The van der Waals surface area contributed by atoms with E-state index in [1.165, 1.54) is 18.5 Å². The van der Waals surface area contributed by atoms with Crippen molar-refractivity contribution in [3.05, 3.63) is 35.8 Å². The lowest BCUT2D eigenvalue weighted by Gasteiger charge is -2.29. The largest absolute Gasteiger partial charge is 0.378 e. The quantitative estimate of drug-likeness (QED) is 0.695. The fourth-order valence-electron chi connectivity index (χ4n) is 4.70. The van der Waals surface area contributed by atoms with Crippen molar-refractivity contribution in [1.29, 1.82) is 0 Å². The van der Waals surface area contributed by atoms with Gasteiger partial charge in [0.15, 0.2) is 5.65 Å². The normalized spacial score (nSPS) is 19.9. The predicted octanol–water partition coefficient (Wildman–Crippen LogP) is 2.22. The van der Waals surface area contributed by atoms with Crippen molar-refractivity contribution < 1.29 is 4.74 Å². The molecule has 5 heterocycles. The van der Waals surface area contributed by atoms with E-state index in [-0.39, 0.29) is 0 Å². The number of imidazole rings is 1. The Balaban J connectivity index is 1.44. The Kier molecular flexibility index (Phi) is 4.76. The molecule has 0 atom stereocenters. The molecule has 8 heteroatoms. The van der Waals surface area contributed by atoms with Crippen LogP contribution in [0.4, 0.5) is 11.5 Å². The van der Waals surface area contributed by atoms with Crippen molar-refractivity contribution in [1.82, 2.24) is 24.9 Å². The fourth-order valence-corrected chi connectivity index (χ4v) is 4.70. The van der Waals surface area contributed by atoms with Crippen molar-refractivity contribution in [2.75, 3.05) is 62.3 Å². The number of piperazine rings is 1. The molecule has 3 aliphatic rings. The fraction of sp³-hybridized carbons (Fsp3) is 0.522. The molecule has 2 aliphatic heterocycles. The molecule has 1 saturated carbocycles. The van der Waals surface area contributed by atoms with E-state index in [1.807, 2.05) is 6.20 Å². The number of fused-ring (bicyclic) bond motifs is 1. The van der Waals surface area contributed by atoms with E-state index >= 15 is 0 Å². The minimum atomic E-state index is 0.530. The first-order valence-electron chi connectivity index (χ1n) is 11.4. The molecule has 3 fully saturated rings. The van der Waals surface area contributed by atoms with Gasteiger partial charge in [0.25, 0.3) is 0 Å². The SMILES string of the molecule is Cc1cc(N2CCOCC2)c2nc(C3CC3)c(-c3ccc(N4CCNCC4)nc3)n2n1. The predicted molar refractivity (Wildman–Crippen MR) is 121 cm³/mol. The van der Waals surface area contributed by atoms with Gasteiger partial charge in [0.1, 0.15) is 5.82 Å². The van der Waals surface area contributed by atoms with Crippen molar-refractivity contribution in [2.45, 2.75) is 25.7 Å². The highest BCUT2D eigenvalue weighted by molar-refractivity contribution is 5.76. The zero-order valence-corrected chi connectivity index (χ0v) is 18.0. The standard InChI is InChI=1S/C23H29N7O/c1-16-14-19(28-10-12-31-13-11-28)23-26-21(17-2-3-17)22(30(23)27-16)18-4-5-20(25-15-18)29-8-6-24-7-9-29/h4-5,14-15,17,24H,2-3,6-13H2,1H3. The number of hydrogen-bond acceptors (Lipinski definition) is 7. The molecule has 0 unspecified atom stereocenters. The molecule has 6 rings (SSSR count). The lowest BCUT2D eigenvalue weighted by molar-refractivity contribution is 0.123. The van der Waals surface area contributed by atoms with Crippen molar-refractivity contribution in [3.63, 3.8) is 0 Å². The molecule has 0 amide bonds. The van der Waals surface area contributed by atoms with Gasteiger partial charge in [-0.2, -0.15) is 5.10 Å². The van der Waals surface area contributed by atoms with Crippen LogP contribution < -0.4 is 15.1 Å². The van der Waals surface area contributed by atoms with Crippen molar-refractivity contribution in [3.8, 4) is 11.3 Å². The average Bonchev–Trinajstić information content (AvgIpc) is 3.60. The van der Waals surface area contributed by atoms with E-state index in [0.717, 1.165) is 86.6 Å². The van der Waals surface area contributed by atoms with Gasteiger partial charge in [-0.15, -0.1) is 0 Å². The number of nitrogens with zero attached hydrogens (tertiary/aromatic N) is 6. The first kappa shape index (κ1) is 19.0. The maximum atomic E-state index is 5.57. The zero-order valence-electron chi connectivity index (χ0n) is 18.0. The Morgan fingerprint density at radius 3 is 2.55 bits per heavy atom. The molecule has 162 valence electrons. The lowest BCUT2D eigenvalue weighted by atomic mass is 10.1. The van der Waals surface area contributed by atoms with Crippen LogP contribution in [-0.4, -0.2) is 72.1 Å². The topological polar surface area (TPSA) is 70.8 Å². The second-order valence-electron chi connectivity index (χ2n) is 8.77. The van der Waals surface area contributed by atoms with Gasteiger partial charge in [-0.3, -0.25) is 0 Å². The Bertz CT molecular complexity index is 1080. The van der Waals surface area contributed by atoms with E-state index in [0.29, 0.717) is 5.92 Å². The molecule has 0 spiro atoms. The van der Waals surface area contributed by atoms with Gasteiger partial charge in [0, 0.05) is 56.9 Å². The summed E-state index contributed by atoms with van der Waals surface area (Å²) in [6.45, 7) is 9.38. The van der Waals surface area contributed by atoms with Gasteiger partial charge in [-0.05, 0) is 38.0 Å². The number of morpholine rings is 1. The summed E-state index contributed by atoms with van der Waals surface area (Å²) in [6, 6.07) is 6.51. The van der Waals surface area contributed by atoms with Gasteiger partial charge >= 0.3 is 0 Å². The summed E-state index contributed by atoms with van der Waals surface area (Å²) in [5, 5.41) is 8.30. The summed E-state index contributed by atoms with van der Waals surface area (Å²) >= 11 is 0. The Hall–Kier alpha value is -2.71. The van der Waals surface area contributed by atoms with Crippen LogP contribution in [0.1, 0.15) is 30.1 Å². The zero-order chi connectivity index (χ0) is 20.8. The Morgan fingerprint density at radius 1 is 1.03 bits per heavy atom. The average molecular weight is 420 g/mol. The summed E-state index contributed by atoms with van der Waals surface area (Å²) in [5.41, 5.74) is 6.49. The van der Waals surface area contributed by atoms with E-state index in [2.05, 4.69) is 44.8 Å². The number of nitrogens with one attached hydrogen (secondary N) is 1. The Morgan fingerprint density at radius 2 is 1.84 bits per heavy atom. The number of pyridine rings is 1. The molecule has 3 aromatic heterocycles. The third-order valence-corrected chi connectivity index (χ3v) is 6.49. The van der Waals surface area contributed by atoms with E-state index in [9.17, 15) is 0 Å². The number of ether oxygens (including phenoxy) is 1. The summed E-state index contributed by atoms with van der Waals surface area (Å²) in [4.78, 5) is 14.7. The van der Waals surface area contributed by atoms with Crippen LogP contribution in [-0.2, 0) is 4.74 Å². The maximum absolute atomic E-state index is 5.57. The molecule has 0 bridgehead atoms. The second-order valence-corrected chi connectivity index (χ2v) is 8.77. The molecular formula is C23H29N7O. The van der Waals surface area contributed by atoms with Crippen LogP contribution in [0.3, 0.4) is 0 Å². The summed E-state index contributed by atoms with van der Waals surface area (Å²) < 4.78 is 7.64.